The normalized spacial score (nSPS) is 9.92. The molecule has 0 aliphatic rings. The van der Waals surface area contributed by atoms with Gasteiger partial charge in [-0.15, -0.1) is 0 Å². The molecule has 1 rings (SSSR count). The smallest absolute Gasteiger partial charge is 0.339 e. The monoisotopic (exact) mass is 182 g/mol. The molecule has 0 heterocycles. The predicted octanol–water partition coefficient (Wildman–Crippen LogP) is 1.36. The van der Waals surface area contributed by atoms with Crippen LogP contribution in [0.15, 0.2) is 12.1 Å². The van der Waals surface area contributed by atoms with Gasteiger partial charge in [-0.2, -0.15) is 0 Å². The van der Waals surface area contributed by atoms with E-state index in [1.165, 1.54) is 12.1 Å². The Kier molecular flexibility index (Phi) is 2.41. The highest BCUT2D eigenvalue weighted by Crippen LogP contribution is 2.31. The number of benzene rings is 1. The number of carboxylic acids is 1. The number of hydrogen-bond donors (Lipinski definition) is 3. The molecule has 13 heavy (non-hydrogen) atoms. The molecule has 0 aliphatic heterocycles. The van der Waals surface area contributed by atoms with Gasteiger partial charge in [-0.05, 0) is 18.1 Å². The molecular weight excluding hydrogens is 172 g/mol. The molecule has 1 aromatic carbocycles. The van der Waals surface area contributed by atoms with Crippen LogP contribution in [0.4, 0.5) is 0 Å². The van der Waals surface area contributed by atoms with Crippen molar-refractivity contribution in [1.29, 1.82) is 0 Å². The van der Waals surface area contributed by atoms with Crippen molar-refractivity contribution < 1.29 is 20.1 Å². The summed E-state index contributed by atoms with van der Waals surface area (Å²) in [6, 6.07) is 2.76. The maximum Gasteiger partial charge on any atom is 0.339 e. The number of carboxylic acid groups (broad SMARTS) is 1. The summed E-state index contributed by atoms with van der Waals surface area (Å²) in [5.74, 6) is -2.20. The summed E-state index contributed by atoms with van der Waals surface area (Å²) >= 11 is 0. The van der Waals surface area contributed by atoms with E-state index < -0.39 is 17.5 Å². The van der Waals surface area contributed by atoms with Gasteiger partial charge in [0, 0.05) is 0 Å². The minimum absolute atomic E-state index is 0.220. The summed E-state index contributed by atoms with van der Waals surface area (Å²) < 4.78 is 0. The van der Waals surface area contributed by atoms with E-state index in [1.807, 2.05) is 0 Å². The van der Waals surface area contributed by atoms with Gasteiger partial charge in [-0.1, -0.05) is 13.0 Å². The Morgan fingerprint density at radius 1 is 1.38 bits per heavy atom. The molecule has 0 spiro atoms. The molecule has 1 aromatic rings. The number of hydrogen-bond acceptors (Lipinski definition) is 3. The second-order valence-corrected chi connectivity index (χ2v) is 2.63. The van der Waals surface area contributed by atoms with Crippen molar-refractivity contribution in [2.75, 3.05) is 0 Å². The second-order valence-electron chi connectivity index (χ2n) is 2.63. The van der Waals surface area contributed by atoms with Gasteiger partial charge in [-0.3, -0.25) is 0 Å². The van der Waals surface area contributed by atoms with Gasteiger partial charge in [0.1, 0.15) is 5.56 Å². The lowest BCUT2D eigenvalue weighted by Crippen LogP contribution is -2.02. The fourth-order valence-electron chi connectivity index (χ4n) is 1.16. The molecule has 0 atom stereocenters. The van der Waals surface area contributed by atoms with Crippen LogP contribution >= 0.6 is 0 Å². The van der Waals surface area contributed by atoms with Gasteiger partial charge in [0.2, 0.25) is 0 Å². The summed E-state index contributed by atoms with van der Waals surface area (Å²) in [4.78, 5) is 10.7. The number of aromatic carboxylic acids is 1. The summed E-state index contributed by atoms with van der Waals surface area (Å²) in [7, 11) is 0. The fourth-order valence-corrected chi connectivity index (χ4v) is 1.16. The van der Waals surface area contributed by atoms with Crippen molar-refractivity contribution >= 4 is 5.97 Å². The number of carbonyl (C=O) groups is 1. The molecule has 0 unspecified atom stereocenters. The first kappa shape index (κ1) is 9.38. The van der Waals surface area contributed by atoms with Gasteiger partial charge >= 0.3 is 5.97 Å². The Labute approximate surface area is 75.1 Å². The molecule has 0 saturated carbocycles. The van der Waals surface area contributed by atoms with E-state index in [9.17, 15) is 9.90 Å². The molecule has 4 nitrogen and oxygen atoms in total. The first-order chi connectivity index (χ1) is 6.07. The van der Waals surface area contributed by atoms with Gasteiger partial charge in [-0.25, -0.2) is 4.79 Å². The van der Waals surface area contributed by atoms with Crippen LogP contribution in [0.3, 0.4) is 0 Å². The Morgan fingerprint density at radius 3 is 2.46 bits per heavy atom. The van der Waals surface area contributed by atoms with E-state index >= 15 is 0 Å². The molecule has 70 valence electrons. The van der Waals surface area contributed by atoms with Crippen LogP contribution in [0.25, 0.3) is 0 Å². The second kappa shape index (κ2) is 3.35. The number of phenols is 2. The number of rotatable bonds is 2. The van der Waals surface area contributed by atoms with E-state index in [-0.39, 0.29) is 5.56 Å². The number of phenolic OH excluding ortho intramolecular Hbond substituents is 1. The average molecular weight is 182 g/mol. The van der Waals surface area contributed by atoms with Crippen LogP contribution < -0.4 is 0 Å². The van der Waals surface area contributed by atoms with E-state index in [4.69, 9.17) is 10.2 Å². The summed E-state index contributed by atoms with van der Waals surface area (Å²) in [5.41, 5.74) is 0.283. The molecule has 0 radical (unpaired) electrons. The zero-order valence-corrected chi connectivity index (χ0v) is 7.11. The SMILES string of the molecule is CCc1ccc(O)c(O)c1C(=O)O. The average Bonchev–Trinajstić information content (AvgIpc) is 2.08. The minimum Gasteiger partial charge on any atom is -0.504 e. The lowest BCUT2D eigenvalue weighted by atomic mass is 10.0. The van der Waals surface area contributed by atoms with E-state index in [0.29, 0.717) is 12.0 Å². The standard InChI is InChI=1S/C9H10O4/c1-2-5-3-4-6(10)8(11)7(5)9(12)13/h3-4,10-11H,2H2,1H3,(H,12,13). The van der Waals surface area contributed by atoms with Crippen molar-refractivity contribution in [2.45, 2.75) is 13.3 Å². The van der Waals surface area contributed by atoms with Crippen molar-refractivity contribution in [1.82, 2.24) is 0 Å². The van der Waals surface area contributed by atoms with E-state index in [1.54, 1.807) is 6.92 Å². The van der Waals surface area contributed by atoms with Gasteiger partial charge in [0.25, 0.3) is 0 Å². The van der Waals surface area contributed by atoms with Crippen molar-refractivity contribution in [3.8, 4) is 11.5 Å². The first-order valence-electron chi connectivity index (χ1n) is 3.85. The molecule has 0 amide bonds. The highest BCUT2D eigenvalue weighted by atomic mass is 16.4. The lowest BCUT2D eigenvalue weighted by molar-refractivity contribution is 0.0691. The third-order valence-corrected chi connectivity index (χ3v) is 1.84. The van der Waals surface area contributed by atoms with Crippen molar-refractivity contribution in [3.05, 3.63) is 23.3 Å². The van der Waals surface area contributed by atoms with Crippen LogP contribution in [-0.4, -0.2) is 21.3 Å². The number of aryl methyl sites for hydroxylation is 1. The third kappa shape index (κ3) is 1.56. The largest absolute Gasteiger partial charge is 0.504 e. The molecule has 4 heteroatoms. The Balaban J connectivity index is 3.41. The zero-order chi connectivity index (χ0) is 10.0. The molecular formula is C9H10O4. The minimum atomic E-state index is -1.23. The predicted molar refractivity (Wildman–Crippen MR) is 46.1 cm³/mol. The summed E-state index contributed by atoms with van der Waals surface area (Å²) in [5, 5.41) is 27.0. The zero-order valence-electron chi connectivity index (χ0n) is 7.11. The molecule has 3 N–H and O–H groups in total. The van der Waals surface area contributed by atoms with Gasteiger partial charge < -0.3 is 15.3 Å². The highest BCUT2D eigenvalue weighted by Gasteiger charge is 2.17. The molecule has 0 aromatic heterocycles. The molecule has 0 aliphatic carbocycles. The summed E-state index contributed by atoms with van der Waals surface area (Å²) in [6.07, 6.45) is 0.496. The molecule has 0 bridgehead atoms. The van der Waals surface area contributed by atoms with Crippen molar-refractivity contribution in [3.63, 3.8) is 0 Å². The fraction of sp³-hybridized carbons (Fsp3) is 0.222. The lowest BCUT2D eigenvalue weighted by Gasteiger charge is -2.06. The Hall–Kier alpha value is -1.71. The van der Waals surface area contributed by atoms with Gasteiger partial charge in [0.05, 0.1) is 0 Å². The Bertz CT molecular complexity index is 344. The van der Waals surface area contributed by atoms with Crippen LogP contribution in [0.2, 0.25) is 0 Å². The van der Waals surface area contributed by atoms with Crippen molar-refractivity contribution in [2.24, 2.45) is 0 Å². The third-order valence-electron chi connectivity index (χ3n) is 1.84. The van der Waals surface area contributed by atoms with E-state index in [0.717, 1.165) is 0 Å². The summed E-state index contributed by atoms with van der Waals surface area (Å²) in [6.45, 7) is 1.78. The van der Waals surface area contributed by atoms with Crippen LogP contribution in [0.5, 0.6) is 11.5 Å². The van der Waals surface area contributed by atoms with E-state index in [2.05, 4.69) is 0 Å². The molecule has 0 fully saturated rings. The number of aromatic hydroxyl groups is 2. The van der Waals surface area contributed by atoms with Crippen LogP contribution in [-0.2, 0) is 6.42 Å². The van der Waals surface area contributed by atoms with Crippen LogP contribution in [0.1, 0.15) is 22.8 Å². The Morgan fingerprint density at radius 2 is 2.00 bits per heavy atom. The topological polar surface area (TPSA) is 77.8 Å². The maximum absolute atomic E-state index is 10.7. The maximum atomic E-state index is 10.7. The highest BCUT2D eigenvalue weighted by molar-refractivity contribution is 5.93. The quantitative estimate of drug-likeness (QED) is 0.603. The molecule has 0 saturated heterocycles. The first-order valence-corrected chi connectivity index (χ1v) is 3.85. The van der Waals surface area contributed by atoms with Crippen LogP contribution in [0, 0.1) is 0 Å². The van der Waals surface area contributed by atoms with Gasteiger partial charge in [0.15, 0.2) is 11.5 Å².